The number of carbonyl (C=O) groups excluding carboxylic acids is 1. The molecule has 136 valence electrons. The van der Waals surface area contributed by atoms with Crippen LogP contribution in [0.1, 0.15) is 22.8 Å². The number of carbonyl (C=O) groups is 1. The van der Waals surface area contributed by atoms with Gasteiger partial charge in [0.05, 0.1) is 29.7 Å². The number of nitrogens with two attached hydrogens (primary N) is 1. The molecule has 1 aliphatic rings. The zero-order valence-corrected chi connectivity index (χ0v) is 15.1. The highest BCUT2D eigenvalue weighted by molar-refractivity contribution is 6.32. The number of nitrogens with one attached hydrogen (secondary N) is 1. The molecule has 0 aliphatic carbocycles. The Labute approximate surface area is 159 Å². The van der Waals surface area contributed by atoms with Gasteiger partial charge in [-0.2, -0.15) is 4.98 Å². The summed E-state index contributed by atoms with van der Waals surface area (Å²) in [5.74, 6) is 1.10. The van der Waals surface area contributed by atoms with Gasteiger partial charge in [0.15, 0.2) is 0 Å². The molecule has 0 bridgehead atoms. The summed E-state index contributed by atoms with van der Waals surface area (Å²) < 4.78 is 0. The molecule has 0 saturated carbocycles. The van der Waals surface area contributed by atoms with Crippen molar-refractivity contribution >= 4 is 41.3 Å². The van der Waals surface area contributed by atoms with E-state index in [9.17, 15) is 4.79 Å². The molecule has 0 aromatic carbocycles. The fourth-order valence-corrected chi connectivity index (χ4v) is 3.28. The maximum atomic E-state index is 12.0. The van der Waals surface area contributed by atoms with Crippen LogP contribution in [0.25, 0.3) is 11.6 Å². The van der Waals surface area contributed by atoms with Gasteiger partial charge in [-0.25, -0.2) is 9.97 Å². The summed E-state index contributed by atoms with van der Waals surface area (Å²) in [4.78, 5) is 37.9. The lowest BCUT2D eigenvalue weighted by Gasteiger charge is -2.22. The maximum Gasteiger partial charge on any atom is 0.223 e. The minimum absolute atomic E-state index is 0.0302. The normalized spacial score (nSPS) is 17.3. The molecule has 0 amide bonds. The second-order valence-corrected chi connectivity index (χ2v) is 6.36. The van der Waals surface area contributed by atoms with Crippen LogP contribution in [0, 0.1) is 6.92 Å². The van der Waals surface area contributed by atoms with E-state index in [-0.39, 0.29) is 11.1 Å². The molecule has 10 heteroatoms. The number of fused-ring (bicyclic) bond motifs is 1. The Bertz CT molecular complexity index is 1020. The van der Waals surface area contributed by atoms with Gasteiger partial charge in [-0.05, 0) is 18.6 Å². The third-order valence-electron chi connectivity index (χ3n) is 4.19. The first-order valence-electron chi connectivity index (χ1n) is 8.10. The van der Waals surface area contributed by atoms with Gasteiger partial charge in [0.2, 0.25) is 5.95 Å². The largest absolute Gasteiger partial charge is 0.368 e. The molecule has 9 nitrogen and oxygen atoms in total. The number of hydrogen-bond acceptors (Lipinski definition) is 8. The summed E-state index contributed by atoms with van der Waals surface area (Å²) in [6.45, 7) is 2.17. The van der Waals surface area contributed by atoms with Crippen LogP contribution in [0.5, 0.6) is 0 Å². The van der Waals surface area contributed by atoms with Crippen LogP contribution in [0.3, 0.4) is 0 Å². The Morgan fingerprint density at radius 1 is 1.30 bits per heavy atom. The molecule has 0 spiro atoms. The number of imidazole rings is 1. The van der Waals surface area contributed by atoms with Crippen LogP contribution < -0.4 is 10.6 Å². The van der Waals surface area contributed by atoms with E-state index in [0.29, 0.717) is 35.0 Å². The number of H-pyrrole nitrogens is 1. The van der Waals surface area contributed by atoms with E-state index in [1.807, 2.05) is 6.92 Å². The van der Waals surface area contributed by atoms with Gasteiger partial charge in [0.25, 0.3) is 0 Å². The van der Waals surface area contributed by atoms with Gasteiger partial charge in [-0.1, -0.05) is 11.6 Å². The summed E-state index contributed by atoms with van der Waals surface area (Å²) in [6, 6.07) is -0.637. The summed E-state index contributed by atoms with van der Waals surface area (Å²) in [5.41, 5.74) is 8.47. The van der Waals surface area contributed by atoms with Crippen molar-refractivity contribution in [2.24, 2.45) is 0 Å². The highest BCUT2D eigenvalue weighted by atomic mass is 35.5. The Morgan fingerprint density at radius 3 is 2.81 bits per heavy atom. The molecule has 4 rings (SSSR count). The predicted octanol–water partition coefficient (Wildman–Crippen LogP) is 1.66. The smallest absolute Gasteiger partial charge is 0.223 e. The van der Waals surface area contributed by atoms with E-state index in [1.165, 1.54) is 0 Å². The molecule has 1 unspecified atom stereocenters. The molecule has 3 aromatic heterocycles. The van der Waals surface area contributed by atoms with Crippen LogP contribution >= 0.6 is 11.6 Å². The van der Waals surface area contributed by atoms with Crippen molar-refractivity contribution in [1.82, 2.24) is 29.9 Å². The zero-order chi connectivity index (χ0) is 19.0. The lowest BCUT2D eigenvalue weighted by Crippen LogP contribution is -2.33. The molecular formula is C17H15ClN8O. The molecule has 1 aliphatic heterocycles. The van der Waals surface area contributed by atoms with Crippen LogP contribution in [0.4, 0.5) is 11.8 Å². The number of rotatable bonds is 4. The van der Waals surface area contributed by atoms with E-state index in [1.54, 1.807) is 35.8 Å². The van der Waals surface area contributed by atoms with Crippen molar-refractivity contribution in [1.29, 1.82) is 0 Å². The van der Waals surface area contributed by atoms with Crippen molar-refractivity contribution in [3.63, 3.8) is 0 Å². The number of aryl methyl sites for hydroxylation is 1. The summed E-state index contributed by atoms with van der Waals surface area (Å²) in [5, 5.41) is 0.180. The van der Waals surface area contributed by atoms with Crippen LogP contribution in [0.15, 0.2) is 24.8 Å². The van der Waals surface area contributed by atoms with Gasteiger partial charge >= 0.3 is 0 Å². The molecule has 3 aromatic rings. The van der Waals surface area contributed by atoms with Crippen molar-refractivity contribution in [2.75, 3.05) is 10.6 Å². The molecule has 3 N–H and O–H groups in total. The van der Waals surface area contributed by atoms with Crippen molar-refractivity contribution in [3.05, 3.63) is 52.7 Å². The first-order valence-corrected chi connectivity index (χ1v) is 8.48. The first kappa shape index (κ1) is 17.1. The minimum atomic E-state index is -0.637. The third kappa shape index (κ3) is 3.13. The monoisotopic (exact) mass is 382 g/mol. The van der Waals surface area contributed by atoms with Gasteiger partial charge in [0.1, 0.15) is 29.1 Å². The molecule has 1 atom stereocenters. The summed E-state index contributed by atoms with van der Waals surface area (Å²) in [6.07, 6.45) is 9.23. The number of hydrogen-bond donors (Lipinski definition) is 2. The van der Waals surface area contributed by atoms with Gasteiger partial charge in [-0.3, -0.25) is 9.97 Å². The highest BCUT2D eigenvalue weighted by Gasteiger charge is 2.38. The third-order valence-corrected chi connectivity index (χ3v) is 4.46. The Kier molecular flexibility index (Phi) is 4.28. The van der Waals surface area contributed by atoms with Crippen molar-refractivity contribution < 1.29 is 4.79 Å². The lowest BCUT2D eigenvalue weighted by atomic mass is 10.0. The average molecular weight is 383 g/mol. The van der Waals surface area contributed by atoms with Crippen LogP contribution in [-0.2, 0) is 11.3 Å². The number of aromatic nitrogens is 6. The van der Waals surface area contributed by atoms with E-state index in [2.05, 4.69) is 29.9 Å². The molecule has 0 saturated heterocycles. The number of halogens is 1. The number of nitrogens with zero attached hydrogens (tertiary/aromatic N) is 6. The SMILES string of the molecule is Cc1cnc(CN2c3nc(N)nc(Cl)c3/C(=C/c3ncc[nH]3)C2C=O)cn1. The molecule has 4 heterocycles. The quantitative estimate of drug-likeness (QED) is 0.515. The Morgan fingerprint density at radius 2 is 2.15 bits per heavy atom. The van der Waals surface area contributed by atoms with E-state index < -0.39 is 6.04 Å². The van der Waals surface area contributed by atoms with Crippen LogP contribution in [-0.4, -0.2) is 42.2 Å². The number of anilines is 2. The summed E-state index contributed by atoms with van der Waals surface area (Å²) in [7, 11) is 0. The molecule has 0 fully saturated rings. The number of nitrogen functional groups attached to an aromatic ring is 1. The predicted molar refractivity (Wildman–Crippen MR) is 101 cm³/mol. The highest BCUT2D eigenvalue weighted by Crippen LogP contribution is 2.43. The minimum Gasteiger partial charge on any atom is -0.368 e. The first-order chi connectivity index (χ1) is 13.1. The molecule has 0 radical (unpaired) electrons. The second-order valence-electron chi connectivity index (χ2n) is 6.00. The van der Waals surface area contributed by atoms with Crippen LogP contribution in [0.2, 0.25) is 5.15 Å². The van der Waals surface area contributed by atoms with Gasteiger partial charge < -0.3 is 20.4 Å². The van der Waals surface area contributed by atoms with Gasteiger partial charge in [-0.15, -0.1) is 0 Å². The maximum absolute atomic E-state index is 12.0. The van der Waals surface area contributed by atoms with E-state index in [4.69, 9.17) is 17.3 Å². The van der Waals surface area contributed by atoms with Crippen molar-refractivity contribution in [3.8, 4) is 0 Å². The van der Waals surface area contributed by atoms with Gasteiger partial charge in [0, 0.05) is 18.6 Å². The van der Waals surface area contributed by atoms with E-state index >= 15 is 0 Å². The Balaban J connectivity index is 1.84. The topological polar surface area (TPSA) is 127 Å². The standard InChI is InChI=1S/C17H15ClN8O/c1-9-5-23-10(6-22-9)7-26-12(8-27)11(4-13-20-2-3-21-13)14-15(18)24-17(19)25-16(14)26/h2-6,8,12H,7H2,1H3,(H,20,21)(H2,19,24,25)/b11-4+. The fourth-order valence-electron chi connectivity index (χ4n) is 3.00. The second kappa shape index (κ2) is 6.76. The number of aromatic amines is 1. The fraction of sp³-hybridized carbons (Fsp3) is 0.176. The van der Waals surface area contributed by atoms with Crippen molar-refractivity contribution in [2.45, 2.75) is 19.5 Å². The molecule has 27 heavy (non-hydrogen) atoms. The Hall–Kier alpha value is -3.33. The summed E-state index contributed by atoms with van der Waals surface area (Å²) >= 11 is 6.35. The molecular weight excluding hydrogens is 368 g/mol. The number of aldehydes is 1. The lowest BCUT2D eigenvalue weighted by molar-refractivity contribution is -0.107. The zero-order valence-electron chi connectivity index (χ0n) is 14.3. The average Bonchev–Trinajstić information content (AvgIpc) is 3.24. The van der Waals surface area contributed by atoms with E-state index in [0.717, 1.165) is 12.0 Å².